The van der Waals surface area contributed by atoms with E-state index in [1.807, 2.05) is 30.3 Å². The molecule has 0 aliphatic heterocycles. The van der Waals surface area contributed by atoms with Crippen LogP contribution in [0, 0.1) is 0 Å². The molecule has 5 heteroatoms. The lowest BCUT2D eigenvalue weighted by atomic mass is 10.2. The first-order valence-electron chi connectivity index (χ1n) is 7.17. The van der Waals surface area contributed by atoms with Gasteiger partial charge in [-0.25, -0.2) is 4.98 Å². The second-order valence-corrected chi connectivity index (χ2v) is 5.26. The van der Waals surface area contributed by atoms with E-state index in [2.05, 4.69) is 4.98 Å². The largest absolute Gasteiger partial charge is 0.491 e. The third-order valence-electron chi connectivity index (χ3n) is 3.65. The van der Waals surface area contributed by atoms with E-state index in [1.165, 1.54) is 10.9 Å². The summed E-state index contributed by atoms with van der Waals surface area (Å²) < 4.78 is 6.96. The molecule has 0 unspecified atom stereocenters. The molecule has 3 rings (SSSR count). The van der Waals surface area contributed by atoms with Crippen molar-refractivity contribution in [2.24, 2.45) is 0 Å². The Labute approximate surface area is 122 Å². The second-order valence-electron chi connectivity index (χ2n) is 5.26. The molecule has 0 bridgehead atoms. The van der Waals surface area contributed by atoms with Crippen molar-refractivity contribution < 1.29 is 9.84 Å². The molecule has 0 spiro atoms. The van der Waals surface area contributed by atoms with Gasteiger partial charge in [0.1, 0.15) is 18.5 Å². The van der Waals surface area contributed by atoms with Crippen molar-refractivity contribution in [1.29, 1.82) is 0 Å². The van der Waals surface area contributed by atoms with Gasteiger partial charge in [-0.2, -0.15) is 0 Å². The van der Waals surface area contributed by atoms with Crippen LogP contribution < -0.4 is 10.3 Å². The Kier molecular flexibility index (Phi) is 4.01. The topological polar surface area (TPSA) is 64.4 Å². The van der Waals surface area contributed by atoms with Crippen molar-refractivity contribution in [2.75, 3.05) is 6.61 Å². The molecule has 1 aromatic carbocycles. The average Bonchev–Trinajstić information content (AvgIpc) is 2.98. The van der Waals surface area contributed by atoms with Gasteiger partial charge < -0.3 is 9.84 Å². The quantitative estimate of drug-likeness (QED) is 0.896. The zero-order valence-electron chi connectivity index (χ0n) is 11.7. The Morgan fingerprint density at radius 1 is 1.29 bits per heavy atom. The summed E-state index contributed by atoms with van der Waals surface area (Å²) in [6.07, 6.45) is 3.44. The molecule has 1 aliphatic rings. The molecule has 5 nitrogen and oxygen atoms in total. The van der Waals surface area contributed by atoms with Crippen molar-refractivity contribution in [1.82, 2.24) is 9.55 Å². The number of nitrogens with zero attached hydrogens (tertiary/aromatic N) is 2. The molecule has 1 heterocycles. The maximum atomic E-state index is 12.2. The maximum Gasteiger partial charge on any atom is 0.256 e. The highest BCUT2D eigenvalue weighted by Crippen LogP contribution is 2.15. The number of rotatable bonds is 5. The molecule has 1 N–H and O–H groups in total. The fourth-order valence-corrected chi connectivity index (χ4v) is 2.58. The van der Waals surface area contributed by atoms with Crippen molar-refractivity contribution in [3.63, 3.8) is 0 Å². The summed E-state index contributed by atoms with van der Waals surface area (Å²) in [7, 11) is 0. The average molecular weight is 286 g/mol. The number of ether oxygens (including phenoxy) is 1. The minimum absolute atomic E-state index is 0.0312. The number of aliphatic hydroxyl groups is 1. The van der Waals surface area contributed by atoms with Crippen molar-refractivity contribution in [3.05, 3.63) is 58.3 Å². The Hall–Kier alpha value is -2.14. The third kappa shape index (κ3) is 3.13. The molecular formula is C16H18N2O3. The highest BCUT2D eigenvalue weighted by Gasteiger charge is 2.18. The zero-order valence-corrected chi connectivity index (χ0v) is 11.7. The molecule has 1 atom stereocenters. The van der Waals surface area contributed by atoms with Gasteiger partial charge in [0.05, 0.1) is 18.6 Å². The first kappa shape index (κ1) is 13.8. The van der Waals surface area contributed by atoms with Crippen LogP contribution in [0.15, 0.2) is 41.5 Å². The molecule has 0 amide bonds. The lowest BCUT2D eigenvalue weighted by Gasteiger charge is -2.14. The summed E-state index contributed by atoms with van der Waals surface area (Å²) in [6, 6.07) is 9.30. The van der Waals surface area contributed by atoms with Crippen LogP contribution in [-0.4, -0.2) is 27.4 Å². The van der Waals surface area contributed by atoms with Gasteiger partial charge >= 0.3 is 0 Å². The van der Waals surface area contributed by atoms with E-state index in [9.17, 15) is 9.90 Å². The van der Waals surface area contributed by atoms with Gasteiger partial charge in [-0.15, -0.1) is 0 Å². The lowest BCUT2D eigenvalue weighted by Crippen LogP contribution is -2.32. The highest BCUT2D eigenvalue weighted by atomic mass is 16.5. The van der Waals surface area contributed by atoms with Gasteiger partial charge in [0.25, 0.3) is 5.56 Å². The standard InChI is InChI=1S/C16H18N2O3/c19-12(10-21-13-5-2-1-3-6-13)9-18-11-17-15-8-4-7-14(15)16(18)20/h1-3,5-6,11-12,19H,4,7-10H2/t12-/m0/s1. The van der Waals surface area contributed by atoms with Gasteiger partial charge in [0.2, 0.25) is 0 Å². The number of para-hydroxylation sites is 1. The minimum atomic E-state index is -0.746. The molecule has 1 aromatic heterocycles. The van der Waals surface area contributed by atoms with E-state index >= 15 is 0 Å². The Balaban J connectivity index is 1.63. The van der Waals surface area contributed by atoms with Gasteiger partial charge in [0, 0.05) is 5.56 Å². The Morgan fingerprint density at radius 2 is 2.10 bits per heavy atom. The van der Waals surface area contributed by atoms with E-state index in [-0.39, 0.29) is 18.7 Å². The summed E-state index contributed by atoms with van der Waals surface area (Å²) in [5, 5.41) is 10.0. The molecule has 0 saturated heterocycles. The first-order chi connectivity index (χ1) is 10.2. The summed E-state index contributed by atoms with van der Waals surface area (Å²) in [5.41, 5.74) is 1.68. The summed E-state index contributed by atoms with van der Waals surface area (Å²) in [6.45, 7) is 0.347. The number of hydrogen-bond acceptors (Lipinski definition) is 4. The fourth-order valence-electron chi connectivity index (χ4n) is 2.58. The third-order valence-corrected chi connectivity index (χ3v) is 3.65. The second kappa shape index (κ2) is 6.10. The molecule has 2 aromatic rings. The van der Waals surface area contributed by atoms with Crippen molar-refractivity contribution in [2.45, 2.75) is 31.9 Å². The van der Waals surface area contributed by atoms with Crippen LogP contribution in [-0.2, 0) is 19.4 Å². The first-order valence-corrected chi connectivity index (χ1v) is 7.17. The number of hydrogen-bond donors (Lipinski definition) is 1. The molecule has 0 radical (unpaired) electrons. The minimum Gasteiger partial charge on any atom is -0.491 e. The van der Waals surface area contributed by atoms with Crippen LogP contribution in [0.2, 0.25) is 0 Å². The molecule has 0 fully saturated rings. The maximum absolute atomic E-state index is 12.2. The summed E-state index contributed by atoms with van der Waals surface area (Å²) >= 11 is 0. The van der Waals surface area contributed by atoms with E-state index < -0.39 is 6.10 Å². The van der Waals surface area contributed by atoms with E-state index in [1.54, 1.807) is 0 Å². The monoisotopic (exact) mass is 286 g/mol. The molecule has 110 valence electrons. The van der Waals surface area contributed by atoms with Crippen LogP contribution in [0.4, 0.5) is 0 Å². The molecule has 21 heavy (non-hydrogen) atoms. The fraction of sp³-hybridized carbons (Fsp3) is 0.375. The van der Waals surface area contributed by atoms with Crippen molar-refractivity contribution >= 4 is 0 Å². The summed E-state index contributed by atoms with van der Waals surface area (Å²) in [4.78, 5) is 16.5. The zero-order chi connectivity index (χ0) is 14.7. The predicted molar refractivity (Wildman–Crippen MR) is 78.5 cm³/mol. The van der Waals surface area contributed by atoms with Crippen LogP contribution in [0.3, 0.4) is 0 Å². The normalized spacial score (nSPS) is 14.7. The van der Waals surface area contributed by atoms with Crippen LogP contribution in [0.5, 0.6) is 5.75 Å². The Bertz CT molecular complexity index is 667. The van der Waals surface area contributed by atoms with Crippen molar-refractivity contribution in [3.8, 4) is 5.75 Å². The van der Waals surface area contributed by atoms with Gasteiger partial charge in [0.15, 0.2) is 0 Å². The summed E-state index contributed by atoms with van der Waals surface area (Å²) in [5.74, 6) is 0.705. The molecular weight excluding hydrogens is 268 g/mol. The number of aryl methyl sites for hydroxylation is 1. The smallest absolute Gasteiger partial charge is 0.256 e. The molecule has 0 saturated carbocycles. The van der Waals surface area contributed by atoms with Gasteiger partial charge in [-0.05, 0) is 31.4 Å². The van der Waals surface area contributed by atoms with Gasteiger partial charge in [-0.1, -0.05) is 18.2 Å². The SMILES string of the molecule is O=c1c2c(ncn1C[C@H](O)COc1ccccc1)CCC2. The van der Waals surface area contributed by atoms with E-state index in [0.717, 1.165) is 30.5 Å². The Morgan fingerprint density at radius 3 is 2.90 bits per heavy atom. The number of aliphatic hydroxyl groups excluding tert-OH is 1. The van der Waals surface area contributed by atoms with Crippen LogP contribution >= 0.6 is 0 Å². The van der Waals surface area contributed by atoms with E-state index in [0.29, 0.717) is 5.75 Å². The predicted octanol–water partition coefficient (Wildman–Crippen LogP) is 1.17. The van der Waals surface area contributed by atoms with Crippen LogP contribution in [0.1, 0.15) is 17.7 Å². The van der Waals surface area contributed by atoms with Crippen LogP contribution in [0.25, 0.3) is 0 Å². The number of aromatic nitrogens is 2. The van der Waals surface area contributed by atoms with E-state index in [4.69, 9.17) is 4.74 Å². The lowest BCUT2D eigenvalue weighted by molar-refractivity contribution is 0.0912. The number of fused-ring (bicyclic) bond motifs is 1. The molecule has 1 aliphatic carbocycles. The highest BCUT2D eigenvalue weighted by molar-refractivity contribution is 5.22. The van der Waals surface area contributed by atoms with Gasteiger partial charge in [-0.3, -0.25) is 9.36 Å². The number of benzene rings is 1.